The molecule has 1 aromatic carbocycles. The third-order valence-corrected chi connectivity index (χ3v) is 3.70. The van der Waals surface area contributed by atoms with Crippen LogP contribution in [0.2, 0.25) is 0 Å². The van der Waals surface area contributed by atoms with Crippen molar-refractivity contribution in [1.29, 1.82) is 0 Å². The van der Waals surface area contributed by atoms with Crippen LogP contribution < -0.4 is 10.9 Å². The molecule has 2 aromatic rings. The van der Waals surface area contributed by atoms with Crippen molar-refractivity contribution in [1.82, 2.24) is 15.3 Å². The van der Waals surface area contributed by atoms with Gasteiger partial charge in [0.2, 0.25) is 0 Å². The summed E-state index contributed by atoms with van der Waals surface area (Å²) in [5.41, 5.74) is -1.84. The van der Waals surface area contributed by atoms with Crippen LogP contribution in [0.3, 0.4) is 0 Å². The van der Waals surface area contributed by atoms with E-state index in [4.69, 9.17) is 0 Å². The van der Waals surface area contributed by atoms with E-state index < -0.39 is 35.1 Å². The number of aryl methyl sites for hydroxylation is 1. The molecule has 0 fully saturated rings. The summed E-state index contributed by atoms with van der Waals surface area (Å²) in [4.78, 5) is 30.1. The van der Waals surface area contributed by atoms with Crippen molar-refractivity contribution < 1.29 is 22.4 Å². The molecule has 0 bridgehead atoms. The van der Waals surface area contributed by atoms with Crippen molar-refractivity contribution in [3.8, 4) is 0 Å². The summed E-state index contributed by atoms with van der Waals surface area (Å²) < 4.78 is 51.9. The molecule has 2 N–H and O–H groups in total. The molecule has 0 saturated heterocycles. The zero-order valence-electron chi connectivity index (χ0n) is 14.2. The number of nitrogens with zero attached hydrogens (tertiary/aromatic N) is 1. The Bertz CT molecular complexity index is 875. The molecule has 26 heavy (non-hydrogen) atoms. The highest BCUT2D eigenvalue weighted by molar-refractivity contribution is 5.92. The molecule has 140 valence electrons. The van der Waals surface area contributed by atoms with Gasteiger partial charge in [0.15, 0.2) is 0 Å². The number of benzene rings is 1. The standard InChI is InChI=1S/C17H17F4N3O2/c1-8(2)15(10-4-5-11(12(18)6-10)17(19,20)21)24-16(26)13-7-14(25)23-9(3)22-13/h4-8,15H,1-3H3,(H,24,26)(H,22,23,25). The average Bonchev–Trinajstić information content (AvgIpc) is 2.49. The minimum absolute atomic E-state index is 0.135. The van der Waals surface area contributed by atoms with Gasteiger partial charge in [-0.2, -0.15) is 13.2 Å². The normalized spacial score (nSPS) is 12.9. The number of rotatable bonds is 4. The molecule has 9 heteroatoms. The van der Waals surface area contributed by atoms with Crippen molar-refractivity contribution in [2.75, 3.05) is 0 Å². The highest BCUT2D eigenvalue weighted by Gasteiger charge is 2.34. The van der Waals surface area contributed by atoms with Crippen LogP contribution in [-0.2, 0) is 6.18 Å². The van der Waals surface area contributed by atoms with Crippen molar-refractivity contribution in [3.63, 3.8) is 0 Å². The van der Waals surface area contributed by atoms with Gasteiger partial charge < -0.3 is 10.3 Å². The Kier molecular flexibility index (Phi) is 5.48. The van der Waals surface area contributed by atoms with Gasteiger partial charge in [-0.05, 0) is 30.5 Å². The first-order valence-corrected chi connectivity index (χ1v) is 7.74. The second kappa shape index (κ2) is 7.27. The van der Waals surface area contributed by atoms with Gasteiger partial charge in [-0.15, -0.1) is 0 Å². The van der Waals surface area contributed by atoms with Crippen molar-refractivity contribution >= 4 is 5.91 Å². The lowest BCUT2D eigenvalue weighted by molar-refractivity contribution is -0.140. The highest BCUT2D eigenvalue weighted by atomic mass is 19.4. The molecule has 0 radical (unpaired) electrons. The lowest BCUT2D eigenvalue weighted by Gasteiger charge is -2.23. The van der Waals surface area contributed by atoms with Crippen LogP contribution in [0.1, 0.15) is 47.3 Å². The van der Waals surface area contributed by atoms with Gasteiger partial charge in [0.05, 0.1) is 11.6 Å². The number of alkyl halides is 3. The van der Waals surface area contributed by atoms with Gasteiger partial charge in [0.1, 0.15) is 17.3 Å². The van der Waals surface area contributed by atoms with Gasteiger partial charge >= 0.3 is 6.18 Å². The van der Waals surface area contributed by atoms with Crippen molar-refractivity contribution in [3.05, 3.63) is 63.1 Å². The first kappa shape index (κ1) is 19.6. The Hall–Kier alpha value is -2.71. The number of aromatic amines is 1. The Balaban J connectivity index is 2.33. The molecule has 2 rings (SSSR count). The number of carbonyl (C=O) groups excluding carboxylic acids is 1. The first-order chi connectivity index (χ1) is 12.0. The summed E-state index contributed by atoms with van der Waals surface area (Å²) in [5, 5.41) is 2.59. The smallest absolute Gasteiger partial charge is 0.344 e. The number of aromatic nitrogens is 2. The van der Waals surface area contributed by atoms with Crippen molar-refractivity contribution in [2.45, 2.75) is 33.0 Å². The van der Waals surface area contributed by atoms with Crippen LogP contribution in [0, 0.1) is 18.7 Å². The molecule has 0 saturated carbocycles. The summed E-state index contributed by atoms with van der Waals surface area (Å²) >= 11 is 0. The third-order valence-electron chi connectivity index (χ3n) is 3.70. The molecule has 1 unspecified atom stereocenters. The van der Waals surface area contributed by atoms with Gasteiger partial charge in [0.25, 0.3) is 11.5 Å². The van der Waals surface area contributed by atoms with Crippen LogP contribution in [0.5, 0.6) is 0 Å². The highest BCUT2D eigenvalue weighted by Crippen LogP contribution is 2.33. The maximum absolute atomic E-state index is 13.8. The van der Waals surface area contributed by atoms with Gasteiger partial charge in [-0.1, -0.05) is 19.9 Å². The summed E-state index contributed by atoms with van der Waals surface area (Å²) in [7, 11) is 0. The molecular weight excluding hydrogens is 354 g/mol. The lowest BCUT2D eigenvalue weighted by atomic mass is 9.94. The quantitative estimate of drug-likeness (QED) is 0.810. The molecule has 0 aliphatic carbocycles. The zero-order valence-corrected chi connectivity index (χ0v) is 14.2. The minimum atomic E-state index is -4.80. The number of amides is 1. The van der Waals surface area contributed by atoms with E-state index in [1.165, 1.54) is 6.92 Å². The number of hydrogen-bond donors (Lipinski definition) is 2. The fraction of sp³-hybridized carbons (Fsp3) is 0.353. The number of nitrogens with one attached hydrogen (secondary N) is 2. The molecule has 0 aliphatic rings. The Morgan fingerprint density at radius 1 is 1.23 bits per heavy atom. The van der Waals surface area contributed by atoms with E-state index >= 15 is 0 Å². The number of carbonyl (C=O) groups is 1. The summed E-state index contributed by atoms with van der Waals surface area (Å²) in [5.74, 6) is -2.11. The molecule has 1 heterocycles. The second-order valence-corrected chi connectivity index (χ2v) is 6.15. The van der Waals surface area contributed by atoms with Gasteiger partial charge in [-0.3, -0.25) is 9.59 Å². The first-order valence-electron chi connectivity index (χ1n) is 7.74. The van der Waals surface area contributed by atoms with Crippen molar-refractivity contribution in [2.24, 2.45) is 5.92 Å². The Labute approximate surface area is 146 Å². The van der Waals surface area contributed by atoms with E-state index in [9.17, 15) is 27.2 Å². The SMILES string of the molecule is Cc1nc(C(=O)NC(c2ccc(C(F)(F)F)c(F)c2)C(C)C)cc(=O)[nH]1. The Morgan fingerprint density at radius 2 is 1.88 bits per heavy atom. The van der Waals surface area contributed by atoms with Gasteiger partial charge in [-0.25, -0.2) is 9.37 Å². The van der Waals surface area contributed by atoms with Gasteiger partial charge in [0, 0.05) is 6.07 Å². The van der Waals surface area contributed by atoms with Crippen LogP contribution in [-0.4, -0.2) is 15.9 Å². The van der Waals surface area contributed by atoms with E-state index in [-0.39, 0.29) is 23.0 Å². The van der Waals surface area contributed by atoms with E-state index in [2.05, 4.69) is 15.3 Å². The summed E-state index contributed by atoms with van der Waals surface area (Å²) in [6.07, 6.45) is -4.80. The molecular formula is C17H17F4N3O2. The third kappa shape index (κ3) is 4.47. The maximum atomic E-state index is 13.8. The number of hydrogen-bond acceptors (Lipinski definition) is 3. The molecule has 1 aromatic heterocycles. The maximum Gasteiger partial charge on any atom is 0.419 e. The van der Waals surface area contributed by atoms with Crippen LogP contribution >= 0.6 is 0 Å². The lowest BCUT2D eigenvalue weighted by Crippen LogP contribution is -2.33. The molecule has 5 nitrogen and oxygen atoms in total. The second-order valence-electron chi connectivity index (χ2n) is 6.15. The average molecular weight is 371 g/mol. The van der Waals surface area contributed by atoms with E-state index in [0.717, 1.165) is 18.2 Å². The molecule has 1 amide bonds. The van der Waals surface area contributed by atoms with E-state index in [1.807, 2.05) is 0 Å². The summed E-state index contributed by atoms with van der Waals surface area (Å²) in [6, 6.07) is 2.76. The van der Waals surface area contributed by atoms with Crippen LogP contribution in [0.4, 0.5) is 17.6 Å². The molecule has 0 aliphatic heterocycles. The monoisotopic (exact) mass is 371 g/mol. The predicted octanol–water partition coefficient (Wildman–Crippen LogP) is 3.36. The zero-order chi connectivity index (χ0) is 19.6. The topological polar surface area (TPSA) is 74.8 Å². The largest absolute Gasteiger partial charge is 0.419 e. The number of halogens is 4. The fourth-order valence-electron chi connectivity index (χ4n) is 2.50. The van der Waals surface area contributed by atoms with Crippen LogP contribution in [0.15, 0.2) is 29.1 Å². The number of H-pyrrole nitrogens is 1. The molecule has 0 spiro atoms. The van der Waals surface area contributed by atoms with E-state index in [0.29, 0.717) is 6.07 Å². The Morgan fingerprint density at radius 3 is 2.38 bits per heavy atom. The van der Waals surface area contributed by atoms with Crippen LogP contribution in [0.25, 0.3) is 0 Å². The summed E-state index contributed by atoms with van der Waals surface area (Å²) in [6.45, 7) is 4.94. The fourth-order valence-corrected chi connectivity index (χ4v) is 2.50. The minimum Gasteiger partial charge on any atom is -0.344 e. The van der Waals surface area contributed by atoms with E-state index in [1.54, 1.807) is 13.8 Å². The molecule has 1 atom stereocenters. The predicted molar refractivity (Wildman–Crippen MR) is 86.0 cm³/mol.